The first-order valence-electron chi connectivity index (χ1n) is 7.16. The summed E-state index contributed by atoms with van der Waals surface area (Å²) in [5, 5.41) is 2.93. The molecule has 0 amide bonds. The van der Waals surface area contributed by atoms with Crippen LogP contribution in [-0.2, 0) is 22.9 Å². The fraction of sp³-hybridized carbons (Fsp3) is 0.714. The monoisotopic (exact) mass is 332 g/mol. The molecule has 1 N–H and O–H groups in total. The molecule has 0 saturated carbocycles. The van der Waals surface area contributed by atoms with E-state index in [1.54, 1.807) is 18.0 Å². The van der Waals surface area contributed by atoms with E-state index in [2.05, 4.69) is 19.2 Å². The molecule has 2 heterocycles. The van der Waals surface area contributed by atoms with E-state index in [-0.39, 0.29) is 0 Å². The number of rotatable bonds is 6. The van der Waals surface area contributed by atoms with Gasteiger partial charge in [0, 0.05) is 42.5 Å². The van der Waals surface area contributed by atoms with Gasteiger partial charge in [-0.15, -0.1) is 0 Å². The van der Waals surface area contributed by atoms with Gasteiger partial charge in [-0.25, -0.2) is 8.42 Å². The van der Waals surface area contributed by atoms with E-state index in [4.69, 9.17) is 4.42 Å². The van der Waals surface area contributed by atoms with Crippen molar-refractivity contribution in [2.24, 2.45) is 0 Å². The van der Waals surface area contributed by atoms with Crippen molar-refractivity contribution in [1.82, 2.24) is 10.2 Å². The van der Waals surface area contributed by atoms with E-state index in [1.807, 2.05) is 11.0 Å². The lowest BCUT2D eigenvalue weighted by Crippen LogP contribution is -2.46. The standard InChI is InChI=1S/C14H24N2O3S2/c1-11(2)15-7-12-6-13(19-9-12)8-16-4-5-20-10-14(16)21(3,17)18/h6,9,11,14-15H,4-5,7-8,10H2,1-3H3. The highest BCUT2D eigenvalue weighted by molar-refractivity contribution is 8.00. The SMILES string of the molecule is CC(C)NCc1coc(CN2CCSCC2S(C)(=O)=O)c1. The van der Waals surface area contributed by atoms with Gasteiger partial charge in [0.05, 0.1) is 12.8 Å². The minimum Gasteiger partial charge on any atom is -0.468 e. The normalized spacial score (nSPS) is 21.0. The number of hydrogen-bond acceptors (Lipinski definition) is 6. The fourth-order valence-corrected chi connectivity index (χ4v) is 5.26. The van der Waals surface area contributed by atoms with Crippen molar-refractivity contribution in [3.63, 3.8) is 0 Å². The smallest absolute Gasteiger partial charge is 0.164 e. The number of thioether (sulfide) groups is 1. The molecule has 1 atom stereocenters. The van der Waals surface area contributed by atoms with Crippen LogP contribution in [0.5, 0.6) is 0 Å². The highest BCUT2D eigenvalue weighted by atomic mass is 32.2. The molecule has 1 aromatic rings. The van der Waals surface area contributed by atoms with Crippen molar-refractivity contribution in [2.75, 3.05) is 24.3 Å². The molecule has 0 bridgehead atoms. The third-order valence-corrected chi connectivity index (χ3v) is 6.15. The van der Waals surface area contributed by atoms with Gasteiger partial charge < -0.3 is 9.73 Å². The Hall–Kier alpha value is -0.500. The topological polar surface area (TPSA) is 62.6 Å². The summed E-state index contributed by atoms with van der Waals surface area (Å²) in [6.45, 7) is 6.31. The molecule has 1 fully saturated rings. The van der Waals surface area contributed by atoms with Gasteiger partial charge in [0.15, 0.2) is 9.84 Å². The Morgan fingerprint density at radius 1 is 1.52 bits per heavy atom. The third-order valence-electron chi connectivity index (χ3n) is 3.47. The summed E-state index contributed by atoms with van der Waals surface area (Å²) in [5.74, 6) is 2.44. The van der Waals surface area contributed by atoms with Crippen molar-refractivity contribution in [2.45, 2.75) is 38.4 Å². The second-order valence-electron chi connectivity index (χ2n) is 5.79. The second kappa shape index (κ2) is 7.17. The van der Waals surface area contributed by atoms with E-state index in [9.17, 15) is 8.42 Å². The quantitative estimate of drug-likeness (QED) is 0.855. The molecule has 7 heteroatoms. The molecule has 5 nitrogen and oxygen atoms in total. The van der Waals surface area contributed by atoms with Gasteiger partial charge in [0.25, 0.3) is 0 Å². The lowest BCUT2D eigenvalue weighted by atomic mass is 10.2. The third kappa shape index (κ3) is 5.02. The molecule has 1 aromatic heterocycles. The Morgan fingerprint density at radius 3 is 2.95 bits per heavy atom. The van der Waals surface area contributed by atoms with Gasteiger partial charge in [-0.1, -0.05) is 13.8 Å². The van der Waals surface area contributed by atoms with Crippen molar-refractivity contribution >= 4 is 21.6 Å². The molecule has 1 saturated heterocycles. The Kier molecular flexibility index (Phi) is 5.76. The maximum absolute atomic E-state index is 11.9. The van der Waals surface area contributed by atoms with Gasteiger partial charge in [-0.05, 0) is 6.07 Å². The summed E-state index contributed by atoms with van der Waals surface area (Å²) in [6, 6.07) is 2.44. The lowest BCUT2D eigenvalue weighted by Gasteiger charge is -2.33. The Labute approximate surface area is 131 Å². The van der Waals surface area contributed by atoms with E-state index in [0.29, 0.717) is 18.3 Å². The molecule has 2 rings (SSSR count). The molecule has 1 aliphatic rings. The molecule has 1 unspecified atom stereocenters. The molecular weight excluding hydrogens is 308 g/mol. The predicted molar refractivity (Wildman–Crippen MR) is 87.1 cm³/mol. The summed E-state index contributed by atoms with van der Waals surface area (Å²) in [7, 11) is -3.06. The summed E-state index contributed by atoms with van der Waals surface area (Å²) in [5.41, 5.74) is 1.10. The Morgan fingerprint density at radius 2 is 2.29 bits per heavy atom. The molecule has 1 aliphatic heterocycles. The van der Waals surface area contributed by atoms with E-state index >= 15 is 0 Å². The Balaban J connectivity index is 1.99. The van der Waals surface area contributed by atoms with Crippen molar-refractivity contribution < 1.29 is 12.8 Å². The summed E-state index contributed by atoms with van der Waals surface area (Å²) in [4.78, 5) is 2.00. The van der Waals surface area contributed by atoms with Crippen LogP contribution in [-0.4, -0.2) is 49.0 Å². The van der Waals surface area contributed by atoms with Crippen LogP contribution in [0.3, 0.4) is 0 Å². The van der Waals surface area contributed by atoms with Crippen molar-refractivity contribution in [1.29, 1.82) is 0 Å². The summed E-state index contributed by atoms with van der Waals surface area (Å²) in [6.07, 6.45) is 3.07. The number of furan rings is 1. The van der Waals surface area contributed by atoms with Crippen LogP contribution in [0, 0.1) is 0 Å². The first-order chi connectivity index (χ1) is 9.86. The molecule has 0 aliphatic carbocycles. The number of hydrogen-bond donors (Lipinski definition) is 1. The maximum atomic E-state index is 11.9. The molecule has 0 aromatic carbocycles. The van der Waals surface area contributed by atoms with E-state index in [1.165, 1.54) is 6.26 Å². The van der Waals surface area contributed by atoms with Gasteiger partial charge >= 0.3 is 0 Å². The van der Waals surface area contributed by atoms with Crippen LogP contribution in [0.1, 0.15) is 25.2 Å². The number of nitrogens with one attached hydrogen (secondary N) is 1. The predicted octanol–water partition coefficient (Wildman–Crippen LogP) is 1.70. The van der Waals surface area contributed by atoms with Crippen molar-refractivity contribution in [3.05, 3.63) is 23.7 Å². The van der Waals surface area contributed by atoms with Gasteiger partial charge in [-0.2, -0.15) is 11.8 Å². The van der Waals surface area contributed by atoms with Crippen LogP contribution >= 0.6 is 11.8 Å². The molecule has 21 heavy (non-hydrogen) atoms. The maximum Gasteiger partial charge on any atom is 0.164 e. The number of sulfone groups is 1. The van der Waals surface area contributed by atoms with Crippen LogP contribution in [0.15, 0.2) is 16.7 Å². The average Bonchev–Trinajstić information content (AvgIpc) is 2.83. The van der Waals surface area contributed by atoms with E-state index < -0.39 is 15.2 Å². The highest BCUT2D eigenvalue weighted by Gasteiger charge is 2.31. The van der Waals surface area contributed by atoms with Crippen LogP contribution in [0.25, 0.3) is 0 Å². The molecule has 0 radical (unpaired) electrons. The first kappa shape index (κ1) is 16.9. The van der Waals surface area contributed by atoms with Crippen molar-refractivity contribution in [3.8, 4) is 0 Å². The molecule has 120 valence electrons. The second-order valence-corrected chi connectivity index (χ2v) is 9.14. The minimum absolute atomic E-state index is 0.404. The molecular formula is C14H24N2O3S2. The average molecular weight is 332 g/mol. The fourth-order valence-electron chi connectivity index (χ4n) is 2.31. The zero-order chi connectivity index (χ0) is 15.5. The van der Waals surface area contributed by atoms with Crippen LogP contribution in [0.4, 0.5) is 0 Å². The highest BCUT2D eigenvalue weighted by Crippen LogP contribution is 2.23. The first-order valence-corrected chi connectivity index (χ1v) is 10.3. The van der Waals surface area contributed by atoms with Gasteiger partial charge in [-0.3, -0.25) is 4.90 Å². The Bertz CT molecular complexity index is 554. The zero-order valence-corrected chi connectivity index (χ0v) is 14.5. The summed E-state index contributed by atoms with van der Waals surface area (Å²) >= 11 is 1.70. The largest absolute Gasteiger partial charge is 0.468 e. The summed E-state index contributed by atoms with van der Waals surface area (Å²) < 4.78 is 29.3. The van der Waals surface area contributed by atoms with Crippen LogP contribution in [0.2, 0.25) is 0 Å². The van der Waals surface area contributed by atoms with Crippen LogP contribution < -0.4 is 5.32 Å². The minimum atomic E-state index is -3.06. The van der Waals surface area contributed by atoms with E-state index in [0.717, 1.165) is 30.2 Å². The van der Waals surface area contributed by atoms with Gasteiger partial charge in [0.1, 0.15) is 11.1 Å². The lowest BCUT2D eigenvalue weighted by molar-refractivity contribution is 0.240. The zero-order valence-electron chi connectivity index (χ0n) is 12.8. The number of nitrogens with zero attached hydrogens (tertiary/aromatic N) is 1. The van der Waals surface area contributed by atoms with Gasteiger partial charge in [0.2, 0.25) is 0 Å². The molecule has 0 spiro atoms.